The van der Waals surface area contributed by atoms with Gasteiger partial charge in [0.2, 0.25) is 0 Å². The number of methoxy groups -OCH3 is 1. The van der Waals surface area contributed by atoms with E-state index in [2.05, 4.69) is 20.8 Å². The summed E-state index contributed by atoms with van der Waals surface area (Å²) in [6.07, 6.45) is 3.82. The number of benzene rings is 1. The summed E-state index contributed by atoms with van der Waals surface area (Å²) in [5.74, 6) is -0.0163. The van der Waals surface area contributed by atoms with Gasteiger partial charge in [0.25, 0.3) is 0 Å². The van der Waals surface area contributed by atoms with Crippen LogP contribution in [-0.4, -0.2) is 48.7 Å². The highest BCUT2D eigenvalue weighted by molar-refractivity contribution is 9.10. The smallest absolute Gasteiger partial charge is 0.307 e. The summed E-state index contributed by atoms with van der Waals surface area (Å²) < 4.78 is 25.0. The SMILES string of the molecule is COC(=O)CCN1C=C(Cl)c2nc(N3CCC(Oc4cc(F)ccc4Br)CC3)sc2C1. The van der Waals surface area contributed by atoms with Crippen LogP contribution in [0.15, 0.2) is 28.9 Å². The number of rotatable bonds is 6. The molecule has 1 fully saturated rings. The average molecular weight is 531 g/mol. The van der Waals surface area contributed by atoms with Crippen LogP contribution in [0.25, 0.3) is 5.03 Å². The molecule has 0 aliphatic carbocycles. The van der Waals surface area contributed by atoms with E-state index in [0.29, 0.717) is 30.3 Å². The first-order chi connectivity index (χ1) is 14.9. The normalized spacial score (nSPS) is 16.7. The largest absolute Gasteiger partial charge is 0.489 e. The minimum Gasteiger partial charge on any atom is -0.489 e. The van der Waals surface area contributed by atoms with Gasteiger partial charge < -0.3 is 19.3 Å². The number of piperidine rings is 1. The molecule has 166 valence electrons. The van der Waals surface area contributed by atoms with Crippen LogP contribution in [0.1, 0.15) is 29.8 Å². The number of thiazole rings is 1. The number of esters is 1. The van der Waals surface area contributed by atoms with Crippen LogP contribution in [0.2, 0.25) is 0 Å². The molecule has 0 bridgehead atoms. The summed E-state index contributed by atoms with van der Waals surface area (Å²) in [5.41, 5.74) is 0.818. The van der Waals surface area contributed by atoms with Crippen molar-refractivity contribution in [2.24, 2.45) is 0 Å². The number of carbonyl (C=O) groups excluding carboxylic acids is 1. The van der Waals surface area contributed by atoms with Gasteiger partial charge in [0, 0.05) is 44.7 Å². The van der Waals surface area contributed by atoms with Gasteiger partial charge in [-0.25, -0.2) is 9.37 Å². The van der Waals surface area contributed by atoms with Gasteiger partial charge in [-0.15, -0.1) is 0 Å². The second kappa shape index (κ2) is 9.75. The van der Waals surface area contributed by atoms with E-state index in [4.69, 9.17) is 26.1 Å². The number of hydrogen-bond donors (Lipinski definition) is 0. The van der Waals surface area contributed by atoms with Crippen LogP contribution >= 0.6 is 38.9 Å². The second-order valence-corrected chi connectivity index (χ2v) is 9.74. The number of carbonyl (C=O) groups is 1. The Bertz CT molecular complexity index is 994. The molecule has 0 spiro atoms. The standard InChI is InChI=1S/C21H22BrClFN3O3S/c1-29-19(28)6-7-26-11-16(23)20-18(12-26)31-21(25-20)27-8-4-14(5-9-27)30-17-10-13(24)2-3-15(17)22/h2-3,10-11,14H,4-9,12H2,1H3. The average Bonchev–Trinajstić information content (AvgIpc) is 3.20. The highest BCUT2D eigenvalue weighted by Crippen LogP contribution is 2.38. The number of nitrogens with zero attached hydrogens (tertiary/aromatic N) is 3. The van der Waals surface area contributed by atoms with E-state index in [-0.39, 0.29) is 17.9 Å². The Morgan fingerprint density at radius 3 is 2.90 bits per heavy atom. The zero-order valence-electron chi connectivity index (χ0n) is 16.9. The number of ether oxygens (including phenoxy) is 2. The van der Waals surface area contributed by atoms with Gasteiger partial charge in [-0.2, -0.15) is 0 Å². The lowest BCUT2D eigenvalue weighted by Crippen LogP contribution is -2.38. The van der Waals surface area contributed by atoms with Gasteiger partial charge in [-0.1, -0.05) is 22.9 Å². The Hall–Kier alpha value is -1.84. The van der Waals surface area contributed by atoms with Crippen LogP contribution in [0.5, 0.6) is 5.75 Å². The van der Waals surface area contributed by atoms with Crippen LogP contribution in [0, 0.1) is 5.82 Å². The van der Waals surface area contributed by atoms with Crippen molar-refractivity contribution in [3.8, 4) is 5.75 Å². The summed E-state index contributed by atoms with van der Waals surface area (Å²) in [6, 6.07) is 4.47. The highest BCUT2D eigenvalue weighted by atomic mass is 79.9. The molecule has 4 rings (SSSR count). The van der Waals surface area contributed by atoms with Crippen molar-refractivity contribution in [2.45, 2.75) is 31.9 Å². The maximum absolute atomic E-state index is 13.5. The minimum absolute atomic E-state index is 0.0289. The van der Waals surface area contributed by atoms with Gasteiger partial charge >= 0.3 is 5.97 Å². The monoisotopic (exact) mass is 529 g/mol. The molecular weight excluding hydrogens is 509 g/mol. The molecule has 2 aliphatic heterocycles. The lowest BCUT2D eigenvalue weighted by atomic mass is 10.1. The van der Waals surface area contributed by atoms with Gasteiger partial charge in [-0.3, -0.25) is 4.79 Å². The maximum Gasteiger partial charge on any atom is 0.307 e. The molecule has 1 saturated heterocycles. The molecular formula is C21H22BrClFN3O3S. The number of aromatic nitrogens is 1. The van der Waals surface area contributed by atoms with Crippen molar-refractivity contribution in [1.82, 2.24) is 9.88 Å². The molecule has 10 heteroatoms. The molecule has 0 unspecified atom stereocenters. The van der Waals surface area contributed by atoms with Crippen molar-refractivity contribution in [3.63, 3.8) is 0 Å². The maximum atomic E-state index is 13.5. The number of hydrogen-bond acceptors (Lipinski definition) is 7. The van der Waals surface area contributed by atoms with Gasteiger partial charge in [-0.05, 0) is 28.1 Å². The van der Waals surface area contributed by atoms with Crippen LogP contribution < -0.4 is 9.64 Å². The molecule has 0 radical (unpaired) electrons. The third-order valence-corrected chi connectivity index (χ3v) is 7.32. The van der Waals surface area contributed by atoms with Gasteiger partial charge in [0.1, 0.15) is 23.4 Å². The molecule has 2 aromatic rings. The summed E-state index contributed by atoms with van der Waals surface area (Å²) in [7, 11) is 1.39. The Morgan fingerprint density at radius 2 is 2.16 bits per heavy atom. The fraction of sp³-hybridized carbons (Fsp3) is 0.429. The summed E-state index contributed by atoms with van der Waals surface area (Å²) >= 11 is 11.5. The Balaban J connectivity index is 1.36. The van der Waals surface area contributed by atoms with E-state index in [1.165, 1.54) is 19.2 Å². The van der Waals surface area contributed by atoms with E-state index < -0.39 is 0 Å². The molecule has 0 atom stereocenters. The molecule has 1 aromatic carbocycles. The molecule has 0 amide bonds. The molecule has 0 saturated carbocycles. The lowest BCUT2D eigenvalue weighted by Gasteiger charge is -2.32. The van der Waals surface area contributed by atoms with Crippen LogP contribution in [0.3, 0.4) is 0 Å². The molecule has 2 aliphatic rings. The van der Waals surface area contributed by atoms with E-state index in [1.54, 1.807) is 17.4 Å². The van der Waals surface area contributed by atoms with Crippen molar-refractivity contribution < 1.29 is 18.7 Å². The first-order valence-electron chi connectivity index (χ1n) is 9.98. The first kappa shape index (κ1) is 22.4. The fourth-order valence-electron chi connectivity index (χ4n) is 3.61. The molecule has 1 aromatic heterocycles. The molecule has 0 N–H and O–H groups in total. The van der Waals surface area contributed by atoms with Crippen molar-refractivity contribution in [3.05, 3.63) is 45.3 Å². The molecule has 6 nitrogen and oxygen atoms in total. The first-order valence-corrected chi connectivity index (χ1v) is 12.0. The zero-order chi connectivity index (χ0) is 22.0. The Labute approximate surface area is 197 Å². The van der Waals surface area contributed by atoms with E-state index in [0.717, 1.165) is 46.1 Å². The van der Waals surface area contributed by atoms with Gasteiger partial charge in [0.15, 0.2) is 5.13 Å². The Kier molecular flexibility index (Phi) is 7.03. The van der Waals surface area contributed by atoms with E-state index >= 15 is 0 Å². The van der Waals surface area contributed by atoms with E-state index in [1.807, 2.05) is 11.1 Å². The second-order valence-electron chi connectivity index (χ2n) is 7.42. The predicted octanol–water partition coefficient (Wildman–Crippen LogP) is 5.01. The third kappa shape index (κ3) is 5.32. The zero-order valence-corrected chi connectivity index (χ0v) is 20.1. The lowest BCUT2D eigenvalue weighted by molar-refractivity contribution is -0.140. The topological polar surface area (TPSA) is 54.9 Å². The van der Waals surface area contributed by atoms with Crippen LogP contribution in [-0.2, 0) is 16.1 Å². The number of anilines is 1. The summed E-state index contributed by atoms with van der Waals surface area (Å²) in [4.78, 5) is 21.5. The van der Waals surface area contributed by atoms with Crippen molar-refractivity contribution in [2.75, 3.05) is 31.6 Å². The fourth-order valence-corrected chi connectivity index (χ4v) is 5.45. The molecule has 31 heavy (non-hydrogen) atoms. The Morgan fingerprint density at radius 1 is 1.39 bits per heavy atom. The summed E-state index contributed by atoms with van der Waals surface area (Å²) in [6.45, 7) is 2.83. The van der Waals surface area contributed by atoms with Crippen molar-refractivity contribution >= 4 is 55.0 Å². The molecule has 3 heterocycles. The minimum atomic E-state index is -0.311. The van der Waals surface area contributed by atoms with E-state index in [9.17, 15) is 9.18 Å². The number of halogens is 3. The predicted molar refractivity (Wildman–Crippen MR) is 123 cm³/mol. The van der Waals surface area contributed by atoms with Crippen LogP contribution in [0.4, 0.5) is 9.52 Å². The quantitative estimate of drug-likeness (QED) is 0.490. The van der Waals surface area contributed by atoms with Gasteiger partial charge in [0.05, 0.1) is 34.5 Å². The van der Waals surface area contributed by atoms with Crippen molar-refractivity contribution in [1.29, 1.82) is 0 Å². The summed E-state index contributed by atoms with van der Waals surface area (Å²) in [5, 5.41) is 1.53. The highest BCUT2D eigenvalue weighted by Gasteiger charge is 2.27. The third-order valence-electron chi connectivity index (χ3n) is 5.29. The number of fused-ring (bicyclic) bond motifs is 1.